The summed E-state index contributed by atoms with van der Waals surface area (Å²) < 4.78 is 0. The van der Waals surface area contributed by atoms with Crippen molar-refractivity contribution in [3.05, 3.63) is 40.5 Å². The molecule has 0 radical (unpaired) electrons. The summed E-state index contributed by atoms with van der Waals surface area (Å²) in [6.07, 6.45) is 0.864. The highest BCUT2D eigenvalue weighted by Crippen LogP contribution is 2.24. The largest absolute Gasteiger partial charge is 0.328 e. The van der Waals surface area contributed by atoms with Crippen LogP contribution in [0.1, 0.15) is 18.2 Å². The average molecular weight is 235 g/mol. The molecule has 2 nitrogen and oxygen atoms in total. The molecule has 0 saturated carbocycles. The molecule has 3 heteroatoms. The van der Waals surface area contributed by atoms with E-state index in [0.29, 0.717) is 0 Å². The molecule has 16 heavy (non-hydrogen) atoms. The van der Waals surface area contributed by atoms with Crippen LogP contribution in [0.3, 0.4) is 0 Å². The lowest BCUT2D eigenvalue weighted by atomic mass is 10.1. The Labute approximate surface area is 100 Å². The van der Waals surface area contributed by atoms with Crippen LogP contribution in [0.25, 0.3) is 10.9 Å². The van der Waals surface area contributed by atoms with Crippen molar-refractivity contribution in [3.63, 3.8) is 0 Å². The molecular weight excluding hydrogens is 220 g/mol. The number of rotatable bonds is 2. The monoisotopic (exact) mass is 234 g/mol. The average Bonchev–Trinajstić information content (AvgIpc) is 2.15. The zero-order chi connectivity index (χ0) is 11.7. The minimum atomic E-state index is 0.165. The zero-order valence-corrected chi connectivity index (χ0v) is 10.3. The lowest BCUT2D eigenvalue weighted by Crippen LogP contribution is -2.17. The molecule has 0 aliphatic rings. The Bertz CT molecular complexity index is 521. The number of aromatic nitrogens is 1. The Morgan fingerprint density at radius 3 is 2.81 bits per heavy atom. The summed E-state index contributed by atoms with van der Waals surface area (Å²) in [5.41, 5.74) is 8.87. The van der Waals surface area contributed by atoms with Crippen LogP contribution < -0.4 is 5.73 Å². The predicted molar refractivity (Wildman–Crippen MR) is 68.8 cm³/mol. The van der Waals surface area contributed by atoms with E-state index in [4.69, 9.17) is 17.3 Å². The van der Waals surface area contributed by atoms with Gasteiger partial charge in [0, 0.05) is 17.1 Å². The number of nitrogens with zero attached hydrogens (tertiary/aromatic N) is 1. The van der Waals surface area contributed by atoms with E-state index in [0.717, 1.165) is 28.0 Å². The minimum absolute atomic E-state index is 0.165. The van der Waals surface area contributed by atoms with Crippen LogP contribution in [-0.2, 0) is 6.42 Å². The van der Waals surface area contributed by atoms with Gasteiger partial charge < -0.3 is 5.73 Å². The number of hydrogen-bond acceptors (Lipinski definition) is 2. The van der Waals surface area contributed by atoms with Crippen molar-refractivity contribution < 1.29 is 0 Å². The van der Waals surface area contributed by atoms with Crippen LogP contribution in [0.15, 0.2) is 24.3 Å². The molecule has 2 rings (SSSR count). The van der Waals surface area contributed by atoms with E-state index in [1.54, 1.807) is 0 Å². The zero-order valence-electron chi connectivity index (χ0n) is 9.50. The smallest absolute Gasteiger partial charge is 0.0722 e. The molecule has 0 amide bonds. The maximum atomic E-state index is 6.16. The molecule has 2 aromatic rings. The van der Waals surface area contributed by atoms with Gasteiger partial charge in [0.1, 0.15) is 0 Å². The molecule has 0 aliphatic heterocycles. The van der Waals surface area contributed by atoms with Gasteiger partial charge in [-0.15, -0.1) is 0 Å². The first-order chi connectivity index (χ1) is 7.56. The van der Waals surface area contributed by atoms with Crippen LogP contribution in [0, 0.1) is 6.92 Å². The third kappa shape index (κ3) is 2.34. The van der Waals surface area contributed by atoms with Crippen molar-refractivity contribution in [1.29, 1.82) is 0 Å². The molecule has 1 aromatic heterocycles. The van der Waals surface area contributed by atoms with E-state index in [-0.39, 0.29) is 6.04 Å². The van der Waals surface area contributed by atoms with Gasteiger partial charge in [-0.25, -0.2) is 0 Å². The summed E-state index contributed by atoms with van der Waals surface area (Å²) in [6.45, 7) is 3.95. The van der Waals surface area contributed by atoms with Gasteiger partial charge in [-0.3, -0.25) is 4.98 Å². The molecule has 2 N–H and O–H groups in total. The highest BCUT2D eigenvalue weighted by molar-refractivity contribution is 6.35. The molecular formula is C13H15ClN2. The Morgan fingerprint density at radius 1 is 1.38 bits per heavy atom. The van der Waals surface area contributed by atoms with E-state index in [1.807, 2.05) is 26.0 Å². The molecule has 84 valence electrons. The number of pyridine rings is 1. The topological polar surface area (TPSA) is 38.9 Å². The molecule has 0 spiro atoms. The second-order valence-electron chi connectivity index (χ2n) is 4.28. The summed E-state index contributed by atoms with van der Waals surface area (Å²) in [5.74, 6) is 0. The summed E-state index contributed by atoms with van der Waals surface area (Å²) in [6, 6.07) is 8.20. The van der Waals surface area contributed by atoms with Crippen LogP contribution >= 0.6 is 11.6 Å². The Kier molecular flexibility index (Phi) is 3.13. The molecule has 0 bridgehead atoms. The summed E-state index contributed by atoms with van der Waals surface area (Å²) in [4.78, 5) is 4.48. The van der Waals surface area contributed by atoms with E-state index in [2.05, 4.69) is 17.1 Å². The Balaban J connectivity index is 2.53. The van der Waals surface area contributed by atoms with Crippen LogP contribution in [0.2, 0.25) is 5.02 Å². The van der Waals surface area contributed by atoms with Gasteiger partial charge in [0.25, 0.3) is 0 Å². The van der Waals surface area contributed by atoms with Gasteiger partial charge in [-0.2, -0.15) is 0 Å². The van der Waals surface area contributed by atoms with Crippen LogP contribution in [0.5, 0.6) is 0 Å². The van der Waals surface area contributed by atoms with Gasteiger partial charge in [0.2, 0.25) is 0 Å². The van der Waals surface area contributed by atoms with E-state index < -0.39 is 0 Å². The molecule has 1 aromatic carbocycles. The SMILES string of the molecule is Cc1cc(Cl)c2ccc(CC(C)N)cc2n1. The van der Waals surface area contributed by atoms with Gasteiger partial charge in [0.05, 0.1) is 10.5 Å². The van der Waals surface area contributed by atoms with Crippen molar-refractivity contribution >= 4 is 22.5 Å². The van der Waals surface area contributed by atoms with Crippen molar-refractivity contribution in [1.82, 2.24) is 4.98 Å². The maximum absolute atomic E-state index is 6.16. The maximum Gasteiger partial charge on any atom is 0.0722 e. The highest BCUT2D eigenvalue weighted by atomic mass is 35.5. The summed E-state index contributed by atoms with van der Waals surface area (Å²) in [5, 5.41) is 1.76. The summed E-state index contributed by atoms with van der Waals surface area (Å²) in [7, 11) is 0. The van der Waals surface area contributed by atoms with Crippen molar-refractivity contribution in [3.8, 4) is 0 Å². The fourth-order valence-electron chi connectivity index (χ4n) is 1.85. The first-order valence-corrected chi connectivity index (χ1v) is 5.75. The third-order valence-electron chi connectivity index (χ3n) is 2.51. The van der Waals surface area contributed by atoms with Gasteiger partial charge in [-0.05, 0) is 38.0 Å². The molecule has 1 atom stereocenters. The number of benzene rings is 1. The lowest BCUT2D eigenvalue weighted by molar-refractivity contribution is 0.738. The fourth-order valence-corrected chi connectivity index (χ4v) is 2.17. The first-order valence-electron chi connectivity index (χ1n) is 5.37. The number of nitrogens with two attached hydrogens (primary N) is 1. The predicted octanol–water partition coefficient (Wildman–Crippen LogP) is 3.09. The summed E-state index contributed by atoms with van der Waals surface area (Å²) >= 11 is 6.16. The number of hydrogen-bond donors (Lipinski definition) is 1. The fraction of sp³-hybridized carbons (Fsp3) is 0.308. The number of halogens is 1. The molecule has 0 saturated heterocycles. The van der Waals surface area contributed by atoms with Crippen LogP contribution in [0.4, 0.5) is 0 Å². The third-order valence-corrected chi connectivity index (χ3v) is 2.82. The van der Waals surface area contributed by atoms with E-state index in [1.165, 1.54) is 5.56 Å². The second-order valence-corrected chi connectivity index (χ2v) is 4.69. The normalized spacial score (nSPS) is 13.0. The van der Waals surface area contributed by atoms with Crippen molar-refractivity contribution in [2.75, 3.05) is 0 Å². The quantitative estimate of drug-likeness (QED) is 0.867. The van der Waals surface area contributed by atoms with E-state index >= 15 is 0 Å². The standard InChI is InChI=1S/C13H15ClN2/c1-8(15)5-10-3-4-11-12(14)6-9(2)16-13(11)7-10/h3-4,6-8H,5,15H2,1-2H3. The number of aryl methyl sites for hydroxylation is 1. The lowest BCUT2D eigenvalue weighted by Gasteiger charge is -2.07. The van der Waals surface area contributed by atoms with Crippen LogP contribution in [-0.4, -0.2) is 11.0 Å². The molecule has 1 unspecified atom stereocenters. The Morgan fingerprint density at radius 2 is 2.12 bits per heavy atom. The molecule has 1 heterocycles. The minimum Gasteiger partial charge on any atom is -0.328 e. The Hall–Kier alpha value is -1.12. The van der Waals surface area contributed by atoms with Gasteiger partial charge in [0.15, 0.2) is 0 Å². The molecule has 0 fully saturated rings. The van der Waals surface area contributed by atoms with Crippen molar-refractivity contribution in [2.24, 2.45) is 5.73 Å². The molecule has 0 aliphatic carbocycles. The highest BCUT2D eigenvalue weighted by Gasteiger charge is 2.04. The van der Waals surface area contributed by atoms with Gasteiger partial charge >= 0.3 is 0 Å². The first kappa shape index (κ1) is 11.4. The van der Waals surface area contributed by atoms with Crippen molar-refractivity contribution in [2.45, 2.75) is 26.3 Å². The number of fused-ring (bicyclic) bond motifs is 1. The van der Waals surface area contributed by atoms with E-state index in [9.17, 15) is 0 Å². The van der Waals surface area contributed by atoms with Gasteiger partial charge in [-0.1, -0.05) is 23.7 Å². The second kappa shape index (κ2) is 4.40.